The van der Waals surface area contributed by atoms with Crippen LogP contribution in [0.15, 0.2) is 30.6 Å². The average molecular weight is 275 g/mol. The predicted octanol–water partition coefficient (Wildman–Crippen LogP) is 2.16. The maximum absolute atomic E-state index is 11.6. The summed E-state index contributed by atoms with van der Waals surface area (Å²) in [4.78, 5) is 18.2. The second kappa shape index (κ2) is 6.33. The van der Waals surface area contributed by atoms with E-state index in [1.807, 2.05) is 36.0 Å². The van der Waals surface area contributed by atoms with E-state index < -0.39 is 0 Å². The highest BCUT2D eigenvalue weighted by molar-refractivity contribution is 7.12. The first-order chi connectivity index (χ1) is 9.15. The summed E-state index contributed by atoms with van der Waals surface area (Å²) in [6.45, 7) is 2.65. The summed E-state index contributed by atoms with van der Waals surface area (Å²) >= 11 is 1.67. The van der Waals surface area contributed by atoms with Crippen molar-refractivity contribution < 1.29 is 4.79 Å². The minimum atomic E-state index is -0.0692. The topological polar surface area (TPSA) is 46.9 Å². The minimum Gasteiger partial charge on any atom is -0.352 e. The molecule has 0 fully saturated rings. The van der Waals surface area contributed by atoms with Crippen LogP contribution in [-0.4, -0.2) is 22.0 Å². The summed E-state index contributed by atoms with van der Waals surface area (Å²) in [6.07, 6.45) is 7.81. The van der Waals surface area contributed by atoms with Crippen molar-refractivity contribution in [1.82, 2.24) is 14.9 Å². The number of aromatic nitrogens is 2. The highest BCUT2D eigenvalue weighted by Gasteiger charge is 2.00. The molecule has 0 aromatic carbocycles. The summed E-state index contributed by atoms with van der Waals surface area (Å²) in [5.41, 5.74) is 0. The Hall–Kier alpha value is -1.88. The van der Waals surface area contributed by atoms with Gasteiger partial charge in [0.15, 0.2) is 0 Å². The van der Waals surface area contributed by atoms with Gasteiger partial charge in [-0.3, -0.25) is 4.79 Å². The van der Waals surface area contributed by atoms with Crippen molar-refractivity contribution in [2.45, 2.75) is 13.3 Å². The lowest BCUT2D eigenvalue weighted by molar-refractivity contribution is -0.116. The van der Waals surface area contributed by atoms with E-state index in [0.29, 0.717) is 6.54 Å². The number of aryl methyl sites for hydroxylation is 2. The molecule has 2 aromatic rings. The van der Waals surface area contributed by atoms with Crippen LogP contribution in [0.2, 0.25) is 0 Å². The van der Waals surface area contributed by atoms with Crippen LogP contribution in [0.4, 0.5) is 0 Å². The normalized spacial score (nSPS) is 11.1. The fraction of sp³-hybridized carbons (Fsp3) is 0.286. The Morgan fingerprint density at radius 1 is 1.53 bits per heavy atom. The Balaban J connectivity index is 1.76. The molecule has 0 aliphatic heterocycles. The Bertz CT molecular complexity index is 583. The molecular formula is C14H17N3OS. The van der Waals surface area contributed by atoms with Gasteiger partial charge in [-0.1, -0.05) is 0 Å². The molecule has 5 heteroatoms. The molecule has 1 N–H and O–H groups in total. The van der Waals surface area contributed by atoms with Gasteiger partial charge in [0.1, 0.15) is 5.82 Å². The lowest BCUT2D eigenvalue weighted by atomic mass is 10.3. The van der Waals surface area contributed by atoms with Gasteiger partial charge in [0, 0.05) is 48.2 Å². The Morgan fingerprint density at radius 2 is 2.37 bits per heavy atom. The summed E-state index contributed by atoms with van der Waals surface area (Å²) in [5, 5.41) is 2.85. The summed E-state index contributed by atoms with van der Waals surface area (Å²) in [5.74, 6) is 0.901. The van der Waals surface area contributed by atoms with Crippen LogP contribution in [0.5, 0.6) is 0 Å². The molecule has 100 valence electrons. The second-order valence-corrected chi connectivity index (χ2v) is 5.60. The van der Waals surface area contributed by atoms with Crippen LogP contribution in [0, 0.1) is 6.92 Å². The maximum Gasteiger partial charge on any atom is 0.244 e. The number of rotatable bonds is 5. The number of nitrogens with zero attached hydrogens (tertiary/aromatic N) is 2. The van der Waals surface area contributed by atoms with Crippen molar-refractivity contribution in [2.24, 2.45) is 7.05 Å². The number of imidazole rings is 1. The third kappa shape index (κ3) is 4.06. The van der Waals surface area contributed by atoms with Gasteiger partial charge in [-0.05, 0) is 25.1 Å². The maximum atomic E-state index is 11.6. The molecule has 0 aliphatic carbocycles. The van der Waals surface area contributed by atoms with E-state index in [1.54, 1.807) is 23.6 Å². The van der Waals surface area contributed by atoms with Crippen molar-refractivity contribution in [1.29, 1.82) is 0 Å². The minimum absolute atomic E-state index is 0.0692. The SMILES string of the molecule is Cc1ccc(/C=C\C(=O)NCCc2nccn2C)s1. The molecule has 2 heterocycles. The third-order valence-corrected chi connectivity index (χ3v) is 3.69. The summed E-state index contributed by atoms with van der Waals surface area (Å²) in [6, 6.07) is 4.06. The molecule has 4 nitrogen and oxygen atoms in total. The van der Waals surface area contributed by atoms with Gasteiger partial charge >= 0.3 is 0 Å². The molecule has 0 radical (unpaired) electrons. The molecule has 0 atom stereocenters. The van der Waals surface area contributed by atoms with E-state index in [4.69, 9.17) is 0 Å². The molecule has 0 spiro atoms. The molecule has 2 rings (SSSR count). The molecule has 19 heavy (non-hydrogen) atoms. The number of nitrogens with one attached hydrogen (secondary N) is 1. The van der Waals surface area contributed by atoms with E-state index in [9.17, 15) is 4.79 Å². The van der Waals surface area contributed by atoms with E-state index in [-0.39, 0.29) is 5.91 Å². The largest absolute Gasteiger partial charge is 0.352 e. The molecule has 0 unspecified atom stereocenters. The molecule has 2 aromatic heterocycles. The Morgan fingerprint density at radius 3 is 3.00 bits per heavy atom. The molecular weight excluding hydrogens is 258 g/mol. The van der Waals surface area contributed by atoms with Crippen LogP contribution in [0.25, 0.3) is 6.08 Å². The van der Waals surface area contributed by atoms with E-state index >= 15 is 0 Å². The highest BCUT2D eigenvalue weighted by Crippen LogP contribution is 2.16. The van der Waals surface area contributed by atoms with Crippen LogP contribution in [-0.2, 0) is 18.3 Å². The zero-order valence-corrected chi connectivity index (χ0v) is 11.9. The van der Waals surface area contributed by atoms with Gasteiger partial charge in [-0.2, -0.15) is 0 Å². The number of hydrogen-bond acceptors (Lipinski definition) is 3. The van der Waals surface area contributed by atoms with Crippen molar-refractivity contribution in [2.75, 3.05) is 6.54 Å². The lowest BCUT2D eigenvalue weighted by Crippen LogP contribution is -2.24. The van der Waals surface area contributed by atoms with Gasteiger partial charge < -0.3 is 9.88 Å². The fourth-order valence-electron chi connectivity index (χ4n) is 1.69. The number of thiophene rings is 1. The second-order valence-electron chi connectivity index (χ2n) is 4.28. The van der Waals surface area contributed by atoms with Crippen LogP contribution >= 0.6 is 11.3 Å². The lowest BCUT2D eigenvalue weighted by Gasteiger charge is -2.02. The summed E-state index contributed by atoms with van der Waals surface area (Å²) in [7, 11) is 1.95. The average Bonchev–Trinajstić information content (AvgIpc) is 2.96. The highest BCUT2D eigenvalue weighted by atomic mass is 32.1. The van der Waals surface area contributed by atoms with E-state index in [2.05, 4.69) is 17.2 Å². The summed E-state index contributed by atoms with van der Waals surface area (Å²) < 4.78 is 1.95. The Labute approximate surface area is 116 Å². The van der Waals surface area contributed by atoms with Gasteiger partial charge in [0.2, 0.25) is 5.91 Å². The number of amides is 1. The monoisotopic (exact) mass is 275 g/mol. The van der Waals surface area contributed by atoms with Gasteiger partial charge in [0.05, 0.1) is 0 Å². The van der Waals surface area contributed by atoms with Crippen LogP contribution in [0.3, 0.4) is 0 Å². The van der Waals surface area contributed by atoms with Crippen molar-refractivity contribution in [3.05, 3.63) is 46.2 Å². The first-order valence-corrected chi connectivity index (χ1v) is 6.95. The first-order valence-electron chi connectivity index (χ1n) is 6.14. The molecule has 0 saturated heterocycles. The van der Waals surface area contributed by atoms with Gasteiger partial charge in [-0.25, -0.2) is 4.98 Å². The van der Waals surface area contributed by atoms with Crippen LogP contribution < -0.4 is 5.32 Å². The zero-order chi connectivity index (χ0) is 13.7. The fourth-order valence-corrected chi connectivity index (χ4v) is 2.47. The zero-order valence-electron chi connectivity index (χ0n) is 11.1. The van der Waals surface area contributed by atoms with Crippen LogP contribution in [0.1, 0.15) is 15.6 Å². The standard InChI is InChI=1S/C14H17N3OS/c1-11-3-4-12(19-11)5-6-14(18)16-8-7-13-15-9-10-17(13)2/h3-6,9-10H,7-8H2,1-2H3,(H,16,18)/b6-5-. The van der Waals surface area contributed by atoms with E-state index in [0.717, 1.165) is 17.1 Å². The smallest absolute Gasteiger partial charge is 0.244 e. The molecule has 1 amide bonds. The molecule has 0 bridgehead atoms. The number of carbonyl (C=O) groups excluding carboxylic acids is 1. The van der Waals surface area contributed by atoms with Crippen molar-refractivity contribution in [3.63, 3.8) is 0 Å². The molecule has 0 saturated carbocycles. The first kappa shape index (κ1) is 13.5. The van der Waals surface area contributed by atoms with Crippen molar-refractivity contribution >= 4 is 23.3 Å². The quantitative estimate of drug-likeness (QED) is 0.850. The van der Waals surface area contributed by atoms with Gasteiger partial charge in [0.25, 0.3) is 0 Å². The third-order valence-electron chi connectivity index (χ3n) is 2.73. The molecule has 0 aliphatic rings. The predicted molar refractivity (Wildman–Crippen MR) is 78.0 cm³/mol. The Kier molecular flexibility index (Phi) is 4.52. The van der Waals surface area contributed by atoms with Crippen molar-refractivity contribution in [3.8, 4) is 0 Å². The van der Waals surface area contributed by atoms with Gasteiger partial charge in [-0.15, -0.1) is 11.3 Å². The number of carbonyl (C=O) groups is 1. The van der Waals surface area contributed by atoms with E-state index in [1.165, 1.54) is 4.88 Å². The number of hydrogen-bond donors (Lipinski definition) is 1.